The number of carbonyl (C=O) groups excluding carboxylic acids is 1. The summed E-state index contributed by atoms with van der Waals surface area (Å²) in [6.45, 7) is 1.46. The molecule has 1 amide bonds. The molecule has 1 N–H and O–H groups in total. The van der Waals surface area contributed by atoms with E-state index in [1.54, 1.807) is 18.5 Å². The second kappa shape index (κ2) is 4.97. The van der Waals surface area contributed by atoms with Crippen LogP contribution in [0.3, 0.4) is 0 Å². The molecule has 0 fully saturated rings. The Morgan fingerprint density at radius 3 is 2.53 bits per heavy atom. The van der Waals surface area contributed by atoms with Crippen LogP contribution in [0.4, 0.5) is 5.69 Å². The molecule has 0 bridgehead atoms. The Kier molecular flexibility index (Phi) is 3.40. The number of aromatic nitrogens is 1. The van der Waals surface area contributed by atoms with E-state index in [0.717, 1.165) is 11.1 Å². The molecule has 0 aliphatic heterocycles. The van der Waals surface area contributed by atoms with Crippen LogP contribution in [0.15, 0.2) is 42.7 Å². The Hall–Kier alpha value is -1.87. The Morgan fingerprint density at radius 1 is 1.24 bits per heavy atom. The molecule has 4 heteroatoms. The van der Waals surface area contributed by atoms with Crippen LogP contribution in [0.1, 0.15) is 6.92 Å². The SMILES string of the molecule is CC(=O)Nc1ccc(-c2ccncc2)c(Cl)c1. The molecule has 0 atom stereocenters. The molecule has 0 spiro atoms. The summed E-state index contributed by atoms with van der Waals surface area (Å²) in [5.74, 6) is -0.113. The number of anilines is 1. The van der Waals surface area contributed by atoms with Gasteiger partial charge in [-0.2, -0.15) is 0 Å². The van der Waals surface area contributed by atoms with Gasteiger partial charge in [0.1, 0.15) is 0 Å². The first-order chi connectivity index (χ1) is 8.16. The lowest BCUT2D eigenvalue weighted by Crippen LogP contribution is -2.05. The predicted octanol–water partition coefficient (Wildman–Crippen LogP) is 3.36. The van der Waals surface area contributed by atoms with E-state index >= 15 is 0 Å². The van der Waals surface area contributed by atoms with Gasteiger partial charge in [-0.25, -0.2) is 0 Å². The fourth-order valence-corrected chi connectivity index (χ4v) is 1.85. The highest BCUT2D eigenvalue weighted by Gasteiger charge is 2.04. The molecular formula is C13H11ClN2O. The number of nitrogens with one attached hydrogen (secondary N) is 1. The zero-order chi connectivity index (χ0) is 12.3. The standard InChI is InChI=1S/C13H11ClN2O/c1-9(17)16-11-2-3-12(13(14)8-11)10-4-6-15-7-5-10/h2-8H,1H3,(H,16,17). The van der Waals surface area contributed by atoms with Crippen molar-refractivity contribution in [2.24, 2.45) is 0 Å². The maximum Gasteiger partial charge on any atom is 0.221 e. The third-order valence-electron chi connectivity index (χ3n) is 2.28. The predicted molar refractivity (Wildman–Crippen MR) is 69.0 cm³/mol. The lowest BCUT2D eigenvalue weighted by molar-refractivity contribution is -0.114. The van der Waals surface area contributed by atoms with Crippen molar-refractivity contribution >= 4 is 23.2 Å². The second-order valence-electron chi connectivity index (χ2n) is 3.61. The number of carbonyl (C=O) groups is 1. The highest BCUT2D eigenvalue weighted by Crippen LogP contribution is 2.29. The molecule has 17 heavy (non-hydrogen) atoms. The molecule has 3 nitrogen and oxygen atoms in total. The third-order valence-corrected chi connectivity index (χ3v) is 2.59. The van der Waals surface area contributed by atoms with Crippen LogP contribution in [0.5, 0.6) is 0 Å². The van der Waals surface area contributed by atoms with Gasteiger partial charge in [0.25, 0.3) is 0 Å². The van der Waals surface area contributed by atoms with Gasteiger partial charge >= 0.3 is 0 Å². The molecule has 2 rings (SSSR count). The van der Waals surface area contributed by atoms with Gasteiger partial charge in [-0.05, 0) is 29.8 Å². The van der Waals surface area contributed by atoms with E-state index in [-0.39, 0.29) is 5.91 Å². The highest BCUT2D eigenvalue weighted by molar-refractivity contribution is 6.33. The van der Waals surface area contributed by atoms with Crippen molar-refractivity contribution in [1.29, 1.82) is 0 Å². The summed E-state index contributed by atoms with van der Waals surface area (Å²) in [7, 11) is 0. The van der Waals surface area contributed by atoms with Crippen molar-refractivity contribution in [3.8, 4) is 11.1 Å². The number of benzene rings is 1. The van der Waals surface area contributed by atoms with Gasteiger partial charge in [-0.15, -0.1) is 0 Å². The van der Waals surface area contributed by atoms with Gasteiger partial charge in [-0.3, -0.25) is 9.78 Å². The summed E-state index contributed by atoms with van der Waals surface area (Å²) in [4.78, 5) is 14.9. The van der Waals surface area contributed by atoms with E-state index in [9.17, 15) is 4.79 Å². The molecule has 0 unspecified atom stereocenters. The van der Waals surface area contributed by atoms with E-state index in [0.29, 0.717) is 10.7 Å². The zero-order valence-corrected chi connectivity index (χ0v) is 10.0. The number of pyridine rings is 1. The lowest BCUT2D eigenvalue weighted by atomic mass is 10.1. The maximum atomic E-state index is 10.9. The molecule has 2 aromatic rings. The summed E-state index contributed by atoms with van der Waals surface area (Å²) in [6, 6.07) is 9.21. The fraction of sp³-hybridized carbons (Fsp3) is 0.0769. The van der Waals surface area contributed by atoms with Gasteiger partial charge in [0, 0.05) is 30.6 Å². The summed E-state index contributed by atoms with van der Waals surface area (Å²) >= 11 is 6.18. The van der Waals surface area contributed by atoms with Crippen LogP contribution in [-0.2, 0) is 4.79 Å². The molecule has 0 radical (unpaired) electrons. The average molecular weight is 247 g/mol. The number of halogens is 1. The Labute approximate surface area is 104 Å². The molecule has 0 saturated carbocycles. The third kappa shape index (κ3) is 2.82. The van der Waals surface area contributed by atoms with Gasteiger partial charge in [0.15, 0.2) is 0 Å². The zero-order valence-electron chi connectivity index (χ0n) is 9.27. The Balaban J connectivity index is 2.35. The van der Waals surface area contributed by atoms with Gasteiger partial charge < -0.3 is 5.32 Å². The van der Waals surface area contributed by atoms with Crippen LogP contribution >= 0.6 is 11.6 Å². The minimum absolute atomic E-state index is 0.113. The second-order valence-corrected chi connectivity index (χ2v) is 4.02. The smallest absolute Gasteiger partial charge is 0.221 e. The number of nitrogens with zero attached hydrogens (tertiary/aromatic N) is 1. The van der Waals surface area contributed by atoms with E-state index in [1.807, 2.05) is 24.3 Å². The van der Waals surface area contributed by atoms with Gasteiger partial charge in [0.2, 0.25) is 5.91 Å². The Morgan fingerprint density at radius 2 is 1.94 bits per heavy atom. The van der Waals surface area contributed by atoms with Crippen LogP contribution in [0.25, 0.3) is 11.1 Å². The average Bonchev–Trinajstić information content (AvgIpc) is 2.29. The summed E-state index contributed by atoms with van der Waals surface area (Å²) in [6.07, 6.45) is 3.43. The molecule has 0 saturated heterocycles. The number of hydrogen-bond acceptors (Lipinski definition) is 2. The van der Waals surface area contributed by atoms with E-state index in [4.69, 9.17) is 11.6 Å². The first-order valence-electron chi connectivity index (χ1n) is 5.14. The van der Waals surface area contributed by atoms with E-state index in [1.165, 1.54) is 6.92 Å². The quantitative estimate of drug-likeness (QED) is 0.883. The van der Waals surface area contributed by atoms with Crippen molar-refractivity contribution in [3.05, 3.63) is 47.7 Å². The fourth-order valence-electron chi connectivity index (χ4n) is 1.56. The first kappa shape index (κ1) is 11.6. The van der Waals surface area contributed by atoms with Crippen molar-refractivity contribution in [1.82, 2.24) is 4.98 Å². The van der Waals surface area contributed by atoms with Crippen LogP contribution in [0.2, 0.25) is 5.02 Å². The van der Waals surface area contributed by atoms with Crippen molar-refractivity contribution in [3.63, 3.8) is 0 Å². The first-order valence-corrected chi connectivity index (χ1v) is 5.52. The van der Waals surface area contributed by atoms with Crippen molar-refractivity contribution in [2.45, 2.75) is 6.92 Å². The molecule has 0 aliphatic carbocycles. The van der Waals surface area contributed by atoms with Crippen molar-refractivity contribution in [2.75, 3.05) is 5.32 Å². The summed E-state index contributed by atoms with van der Waals surface area (Å²) in [5, 5.41) is 3.29. The van der Waals surface area contributed by atoms with Crippen molar-refractivity contribution < 1.29 is 4.79 Å². The maximum absolute atomic E-state index is 10.9. The largest absolute Gasteiger partial charge is 0.326 e. The minimum Gasteiger partial charge on any atom is -0.326 e. The Bertz CT molecular complexity index is 540. The monoisotopic (exact) mass is 246 g/mol. The number of amides is 1. The molecule has 1 aromatic carbocycles. The minimum atomic E-state index is -0.113. The lowest BCUT2D eigenvalue weighted by Gasteiger charge is -2.07. The van der Waals surface area contributed by atoms with E-state index < -0.39 is 0 Å². The van der Waals surface area contributed by atoms with Gasteiger partial charge in [0.05, 0.1) is 5.02 Å². The topological polar surface area (TPSA) is 42.0 Å². The summed E-state index contributed by atoms with van der Waals surface area (Å²) in [5.41, 5.74) is 2.61. The molecule has 86 valence electrons. The molecular weight excluding hydrogens is 236 g/mol. The highest BCUT2D eigenvalue weighted by atomic mass is 35.5. The molecule has 0 aliphatic rings. The van der Waals surface area contributed by atoms with Crippen LogP contribution in [-0.4, -0.2) is 10.9 Å². The molecule has 1 aromatic heterocycles. The summed E-state index contributed by atoms with van der Waals surface area (Å²) < 4.78 is 0. The number of hydrogen-bond donors (Lipinski definition) is 1. The van der Waals surface area contributed by atoms with E-state index in [2.05, 4.69) is 10.3 Å². The normalized spacial score (nSPS) is 10.0. The van der Waals surface area contributed by atoms with Gasteiger partial charge in [-0.1, -0.05) is 17.7 Å². The number of rotatable bonds is 2. The van der Waals surface area contributed by atoms with Crippen LogP contribution < -0.4 is 5.32 Å². The van der Waals surface area contributed by atoms with Crippen LogP contribution in [0, 0.1) is 0 Å². The molecule has 1 heterocycles.